The van der Waals surface area contributed by atoms with Crippen LogP contribution in [0.1, 0.15) is 34.1 Å². The van der Waals surface area contributed by atoms with E-state index in [1.165, 1.54) is 0 Å². The molecule has 102 valence electrons. The molecular weight excluding hydrogens is 244 g/mol. The Morgan fingerprint density at radius 3 is 2.00 bits per heavy atom. The monoisotopic (exact) mass is 266 g/mol. The van der Waals surface area contributed by atoms with Crippen LogP contribution in [0, 0.1) is 11.8 Å². The van der Waals surface area contributed by atoms with Gasteiger partial charge in [-0.25, -0.2) is 4.79 Å². The van der Waals surface area contributed by atoms with Gasteiger partial charge in [0.25, 0.3) is 0 Å². The van der Waals surface area contributed by atoms with Gasteiger partial charge in [0.2, 0.25) is 5.91 Å². The highest BCUT2D eigenvalue weighted by Gasteiger charge is 2.25. The Kier molecular flexibility index (Phi) is 9.06. The molecule has 0 bridgehead atoms. The van der Waals surface area contributed by atoms with E-state index in [4.69, 9.17) is 10.8 Å². The number of carboxylic acids is 1. The molecule has 2 atom stereocenters. The predicted molar refractivity (Wildman–Crippen MR) is 69.1 cm³/mol. The summed E-state index contributed by atoms with van der Waals surface area (Å²) in [7, 11) is 0. The van der Waals surface area contributed by atoms with Gasteiger partial charge in [0.1, 0.15) is 6.04 Å². The minimum Gasteiger partial charge on any atom is -0.480 e. The summed E-state index contributed by atoms with van der Waals surface area (Å²) in [5.41, 5.74) is 5.66. The van der Waals surface area contributed by atoms with E-state index in [0.29, 0.717) is 12.3 Å². The van der Waals surface area contributed by atoms with E-state index < -0.39 is 24.0 Å². The summed E-state index contributed by atoms with van der Waals surface area (Å²) >= 11 is 0. The molecule has 0 rings (SSSR count). The molecule has 2 unspecified atom stereocenters. The van der Waals surface area contributed by atoms with Crippen LogP contribution in [0.4, 0.5) is 0 Å². The average Bonchev–Trinajstić information content (AvgIpc) is 2.11. The molecule has 6 heteroatoms. The minimum absolute atomic E-state index is 0. The van der Waals surface area contributed by atoms with Gasteiger partial charge in [0.05, 0.1) is 6.04 Å². The Balaban J connectivity index is 0. The van der Waals surface area contributed by atoms with Gasteiger partial charge in [-0.2, -0.15) is 0 Å². The van der Waals surface area contributed by atoms with Crippen molar-refractivity contribution in [3.8, 4) is 0 Å². The van der Waals surface area contributed by atoms with E-state index in [0.717, 1.165) is 0 Å². The summed E-state index contributed by atoms with van der Waals surface area (Å²) < 4.78 is 0. The van der Waals surface area contributed by atoms with Crippen molar-refractivity contribution < 1.29 is 14.7 Å². The molecule has 0 aliphatic carbocycles. The number of nitrogens with two attached hydrogens (primary N) is 1. The van der Waals surface area contributed by atoms with E-state index in [9.17, 15) is 9.59 Å². The molecule has 0 aliphatic rings. The molecule has 0 aromatic heterocycles. The van der Waals surface area contributed by atoms with Gasteiger partial charge in [-0.1, -0.05) is 27.7 Å². The second kappa shape index (κ2) is 8.31. The van der Waals surface area contributed by atoms with Crippen molar-refractivity contribution in [1.29, 1.82) is 0 Å². The molecular formula is C11H23ClN2O3. The van der Waals surface area contributed by atoms with Gasteiger partial charge >= 0.3 is 5.97 Å². The van der Waals surface area contributed by atoms with Gasteiger partial charge in [-0.15, -0.1) is 12.4 Å². The van der Waals surface area contributed by atoms with E-state index in [1.807, 2.05) is 13.8 Å². The van der Waals surface area contributed by atoms with E-state index in [1.54, 1.807) is 13.8 Å². The SMILES string of the molecule is CC(C)CC(N)C(=O)NC(C(=O)O)C(C)C.Cl. The second-order valence-electron chi connectivity index (χ2n) is 4.80. The maximum atomic E-state index is 11.6. The lowest BCUT2D eigenvalue weighted by molar-refractivity contribution is -0.143. The number of carboxylic acid groups (broad SMARTS) is 1. The van der Waals surface area contributed by atoms with Crippen LogP contribution in [0.25, 0.3) is 0 Å². The van der Waals surface area contributed by atoms with Crippen LogP contribution in [0.2, 0.25) is 0 Å². The zero-order valence-electron chi connectivity index (χ0n) is 10.8. The molecule has 0 fully saturated rings. The molecule has 4 N–H and O–H groups in total. The van der Waals surface area contributed by atoms with Gasteiger partial charge in [0.15, 0.2) is 0 Å². The molecule has 0 aromatic carbocycles. The lowest BCUT2D eigenvalue weighted by Gasteiger charge is -2.21. The summed E-state index contributed by atoms with van der Waals surface area (Å²) in [6.07, 6.45) is 0.552. The first-order valence-corrected chi connectivity index (χ1v) is 5.54. The fourth-order valence-corrected chi connectivity index (χ4v) is 1.39. The number of rotatable bonds is 6. The number of carbonyl (C=O) groups is 2. The molecule has 0 radical (unpaired) electrons. The van der Waals surface area contributed by atoms with Crippen LogP contribution in [-0.4, -0.2) is 29.1 Å². The number of hydrogen-bond acceptors (Lipinski definition) is 3. The largest absolute Gasteiger partial charge is 0.480 e. The molecule has 5 nitrogen and oxygen atoms in total. The van der Waals surface area contributed by atoms with Crippen LogP contribution in [0.3, 0.4) is 0 Å². The summed E-state index contributed by atoms with van der Waals surface area (Å²) in [5.74, 6) is -1.27. The summed E-state index contributed by atoms with van der Waals surface area (Å²) in [6.45, 7) is 7.41. The van der Waals surface area contributed by atoms with E-state index in [2.05, 4.69) is 5.32 Å². The first-order chi connectivity index (χ1) is 7.25. The highest BCUT2D eigenvalue weighted by Crippen LogP contribution is 2.05. The van der Waals surface area contributed by atoms with Crippen molar-refractivity contribution in [2.75, 3.05) is 0 Å². The van der Waals surface area contributed by atoms with Crippen LogP contribution >= 0.6 is 12.4 Å². The van der Waals surface area contributed by atoms with Crippen LogP contribution in [0.15, 0.2) is 0 Å². The first-order valence-electron chi connectivity index (χ1n) is 5.54. The number of nitrogens with one attached hydrogen (secondary N) is 1. The number of hydrogen-bond donors (Lipinski definition) is 3. The van der Waals surface area contributed by atoms with Crippen molar-refractivity contribution in [2.24, 2.45) is 17.6 Å². The number of aliphatic carboxylic acids is 1. The lowest BCUT2D eigenvalue weighted by atomic mass is 10.0. The van der Waals surface area contributed by atoms with E-state index in [-0.39, 0.29) is 18.3 Å². The third-order valence-electron chi connectivity index (χ3n) is 2.29. The van der Waals surface area contributed by atoms with Gasteiger partial charge in [-0.3, -0.25) is 4.79 Å². The predicted octanol–water partition coefficient (Wildman–Crippen LogP) is 1.01. The molecule has 1 amide bonds. The second-order valence-corrected chi connectivity index (χ2v) is 4.80. The van der Waals surface area contributed by atoms with Crippen molar-refractivity contribution in [2.45, 2.75) is 46.2 Å². The lowest BCUT2D eigenvalue weighted by Crippen LogP contribution is -2.50. The van der Waals surface area contributed by atoms with Gasteiger partial charge in [-0.05, 0) is 18.3 Å². The number of carbonyl (C=O) groups excluding carboxylic acids is 1. The minimum atomic E-state index is -1.03. The number of halogens is 1. The summed E-state index contributed by atoms with van der Waals surface area (Å²) in [4.78, 5) is 22.5. The maximum absolute atomic E-state index is 11.6. The highest BCUT2D eigenvalue weighted by molar-refractivity contribution is 5.86. The van der Waals surface area contributed by atoms with Crippen molar-refractivity contribution in [3.63, 3.8) is 0 Å². The topological polar surface area (TPSA) is 92.4 Å². The summed E-state index contributed by atoms with van der Waals surface area (Å²) in [5, 5.41) is 11.4. The molecule has 0 aliphatic heterocycles. The molecule has 0 spiro atoms. The Hall–Kier alpha value is -0.810. The average molecular weight is 267 g/mol. The fourth-order valence-electron chi connectivity index (χ4n) is 1.39. The van der Waals surface area contributed by atoms with Crippen LogP contribution in [0.5, 0.6) is 0 Å². The van der Waals surface area contributed by atoms with Gasteiger partial charge in [0, 0.05) is 0 Å². The van der Waals surface area contributed by atoms with Crippen molar-refractivity contribution >= 4 is 24.3 Å². The third-order valence-corrected chi connectivity index (χ3v) is 2.29. The highest BCUT2D eigenvalue weighted by atomic mass is 35.5. The summed E-state index contributed by atoms with van der Waals surface area (Å²) in [6, 6.07) is -1.51. The molecule has 0 saturated carbocycles. The Morgan fingerprint density at radius 1 is 1.24 bits per heavy atom. The maximum Gasteiger partial charge on any atom is 0.326 e. The van der Waals surface area contributed by atoms with Crippen molar-refractivity contribution in [3.05, 3.63) is 0 Å². The van der Waals surface area contributed by atoms with E-state index >= 15 is 0 Å². The quantitative estimate of drug-likeness (QED) is 0.669. The Labute approximate surface area is 109 Å². The standard InChI is InChI=1S/C11H22N2O3.ClH/c1-6(2)5-8(12)10(14)13-9(7(3)4)11(15)16;/h6-9H,5,12H2,1-4H3,(H,13,14)(H,15,16);1H. The zero-order valence-corrected chi connectivity index (χ0v) is 11.6. The van der Waals surface area contributed by atoms with Gasteiger partial charge < -0.3 is 16.2 Å². The molecule has 0 heterocycles. The smallest absolute Gasteiger partial charge is 0.326 e. The molecule has 17 heavy (non-hydrogen) atoms. The fraction of sp³-hybridized carbons (Fsp3) is 0.818. The number of amides is 1. The molecule has 0 aromatic rings. The zero-order chi connectivity index (χ0) is 12.9. The first kappa shape index (κ1) is 18.6. The molecule has 0 saturated heterocycles. The Morgan fingerprint density at radius 2 is 1.71 bits per heavy atom. The third kappa shape index (κ3) is 7.18. The van der Waals surface area contributed by atoms with Crippen LogP contribution < -0.4 is 11.1 Å². The van der Waals surface area contributed by atoms with Crippen molar-refractivity contribution in [1.82, 2.24) is 5.32 Å². The van der Waals surface area contributed by atoms with Crippen LogP contribution in [-0.2, 0) is 9.59 Å². The normalized spacial score (nSPS) is 14.1. The Bertz CT molecular complexity index is 257.